The molecule has 0 saturated heterocycles. The average Bonchev–Trinajstić information content (AvgIpc) is 2.81. The molecule has 5 heteroatoms. The van der Waals surface area contributed by atoms with E-state index in [-0.39, 0.29) is 6.10 Å². The molecule has 92 valence electrons. The number of fused-ring (bicyclic) bond motifs is 1. The first-order valence-electron chi connectivity index (χ1n) is 5.77. The summed E-state index contributed by atoms with van der Waals surface area (Å²) in [6.07, 6.45) is 4.18. The molecule has 0 spiro atoms. The molecule has 1 atom stereocenters. The molecule has 0 saturated carbocycles. The number of anilines is 1. The van der Waals surface area contributed by atoms with E-state index in [4.69, 9.17) is 16.3 Å². The number of halogens is 1. The molecule has 0 amide bonds. The van der Waals surface area contributed by atoms with E-state index in [1.165, 1.54) is 5.56 Å². The monoisotopic (exact) mass is 261 g/mol. The van der Waals surface area contributed by atoms with Gasteiger partial charge in [-0.2, -0.15) is 0 Å². The van der Waals surface area contributed by atoms with Crippen LogP contribution in [-0.4, -0.2) is 22.6 Å². The summed E-state index contributed by atoms with van der Waals surface area (Å²) in [6, 6.07) is 8.10. The van der Waals surface area contributed by atoms with E-state index < -0.39 is 0 Å². The maximum Gasteiger partial charge on any atom is 0.222 e. The van der Waals surface area contributed by atoms with E-state index in [1.54, 1.807) is 12.4 Å². The minimum absolute atomic E-state index is 0.127. The number of nitrogens with zero attached hydrogens (tertiary/aromatic N) is 2. The zero-order valence-electron chi connectivity index (χ0n) is 9.64. The molecule has 3 rings (SSSR count). The normalized spacial score (nSPS) is 17.1. The summed E-state index contributed by atoms with van der Waals surface area (Å²) in [6.45, 7) is 0.677. The Balaban J connectivity index is 1.58. The second-order valence-corrected chi connectivity index (χ2v) is 4.59. The highest BCUT2D eigenvalue weighted by atomic mass is 35.5. The van der Waals surface area contributed by atoms with Gasteiger partial charge in [0.05, 0.1) is 24.0 Å². The van der Waals surface area contributed by atoms with Crippen molar-refractivity contribution in [2.75, 3.05) is 11.9 Å². The number of benzene rings is 1. The van der Waals surface area contributed by atoms with Crippen molar-refractivity contribution in [3.63, 3.8) is 0 Å². The molecular weight excluding hydrogens is 250 g/mol. The second-order valence-electron chi connectivity index (χ2n) is 4.16. The first-order chi connectivity index (χ1) is 8.81. The van der Waals surface area contributed by atoms with E-state index in [2.05, 4.69) is 21.4 Å². The fraction of sp³-hybridized carbons (Fsp3) is 0.231. The van der Waals surface area contributed by atoms with E-state index >= 15 is 0 Å². The predicted octanol–water partition coefficient (Wildman–Crippen LogP) is 2.55. The van der Waals surface area contributed by atoms with Crippen LogP contribution in [0, 0.1) is 0 Å². The van der Waals surface area contributed by atoms with Gasteiger partial charge < -0.3 is 10.1 Å². The van der Waals surface area contributed by atoms with Crippen LogP contribution in [0.4, 0.5) is 5.95 Å². The van der Waals surface area contributed by atoms with Gasteiger partial charge in [-0.1, -0.05) is 29.8 Å². The molecule has 0 fully saturated rings. The maximum atomic E-state index is 5.81. The Morgan fingerprint density at radius 3 is 2.83 bits per heavy atom. The van der Waals surface area contributed by atoms with Crippen LogP contribution in [0.15, 0.2) is 36.7 Å². The smallest absolute Gasteiger partial charge is 0.222 e. The van der Waals surface area contributed by atoms with Gasteiger partial charge in [0.25, 0.3) is 0 Å². The average molecular weight is 262 g/mol. The van der Waals surface area contributed by atoms with Gasteiger partial charge >= 0.3 is 0 Å². The standard InChI is InChI=1S/C13H12ClN3O/c14-10-6-15-13(16-7-10)17-8-11-5-9-3-1-2-4-12(9)18-11/h1-4,6-7,11H,5,8H2,(H,15,16,17). The third-order valence-corrected chi connectivity index (χ3v) is 3.02. The van der Waals surface area contributed by atoms with E-state index in [0.29, 0.717) is 17.5 Å². The first kappa shape index (κ1) is 11.3. The van der Waals surface area contributed by atoms with Crippen LogP contribution in [-0.2, 0) is 6.42 Å². The van der Waals surface area contributed by atoms with Gasteiger partial charge in [-0.3, -0.25) is 0 Å². The number of hydrogen-bond donors (Lipinski definition) is 1. The fourth-order valence-electron chi connectivity index (χ4n) is 1.98. The van der Waals surface area contributed by atoms with Crippen molar-refractivity contribution in [3.8, 4) is 5.75 Å². The molecule has 0 aliphatic carbocycles. The van der Waals surface area contributed by atoms with Gasteiger partial charge in [0.2, 0.25) is 5.95 Å². The number of rotatable bonds is 3. The Bertz CT molecular complexity index is 519. The van der Waals surface area contributed by atoms with Crippen molar-refractivity contribution in [3.05, 3.63) is 47.2 Å². The van der Waals surface area contributed by atoms with Crippen LogP contribution < -0.4 is 10.1 Å². The lowest BCUT2D eigenvalue weighted by molar-refractivity contribution is 0.246. The molecule has 1 aliphatic rings. The molecular formula is C13H12ClN3O. The summed E-state index contributed by atoms with van der Waals surface area (Å²) in [5.41, 5.74) is 1.25. The quantitative estimate of drug-likeness (QED) is 0.922. The first-order valence-corrected chi connectivity index (χ1v) is 6.15. The van der Waals surface area contributed by atoms with E-state index in [1.807, 2.05) is 18.2 Å². The van der Waals surface area contributed by atoms with Gasteiger partial charge in [0, 0.05) is 6.42 Å². The molecule has 1 unspecified atom stereocenters. The van der Waals surface area contributed by atoms with Gasteiger partial charge in [-0.15, -0.1) is 0 Å². The van der Waals surface area contributed by atoms with Crippen molar-refractivity contribution in [2.24, 2.45) is 0 Å². The Labute approximate surface area is 110 Å². The van der Waals surface area contributed by atoms with Crippen LogP contribution in [0.1, 0.15) is 5.56 Å². The number of para-hydroxylation sites is 1. The molecule has 1 N–H and O–H groups in total. The molecule has 0 bridgehead atoms. The lowest BCUT2D eigenvalue weighted by Crippen LogP contribution is -2.24. The summed E-state index contributed by atoms with van der Waals surface area (Å²) in [5.74, 6) is 1.54. The van der Waals surface area contributed by atoms with Crippen LogP contribution in [0.3, 0.4) is 0 Å². The number of hydrogen-bond acceptors (Lipinski definition) is 4. The second kappa shape index (κ2) is 4.82. The Hall–Kier alpha value is -1.81. The summed E-state index contributed by atoms with van der Waals surface area (Å²) < 4.78 is 5.81. The summed E-state index contributed by atoms with van der Waals surface area (Å²) >= 11 is 5.72. The van der Waals surface area contributed by atoms with Gasteiger partial charge in [0.1, 0.15) is 11.9 Å². The van der Waals surface area contributed by atoms with Crippen LogP contribution in [0.5, 0.6) is 5.75 Å². The number of nitrogens with one attached hydrogen (secondary N) is 1. The lowest BCUT2D eigenvalue weighted by Gasteiger charge is -2.11. The molecule has 2 heterocycles. The highest BCUT2D eigenvalue weighted by Crippen LogP contribution is 2.27. The van der Waals surface area contributed by atoms with Crippen molar-refractivity contribution in [2.45, 2.75) is 12.5 Å². The molecule has 1 aromatic carbocycles. The number of aromatic nitrogens is 2. The topological polar surface area (TPSA) is 47.0 Å². The van der Waals surface area contributed by atoms with Crippen molar-refractivity contribution in [1.29, 1.82) is 0 Å². The third kappa shape index (κ3) is 2.38. The van der Waals surface area contributed by atoms with Crippen LogP contribution in [0.2, 0.25) is 5.02 Å². The van der Waals surface area contributed by atoms with Gasteiger partial charge in [0.15, 0.2) is 0 Å². The zero-order valence-corrected chi connectivity index (χ0v) is 10.4. The Kier molecular flexibility index (Phi) is 3.02. The minimum atomic E-state index is 0.127. The zero-order chi connectivity index (χ0) is 12.4. The summed E-state index contributed by atoms with van der Waals surface area (Å²) in [5, 5.41) is 3.68. The van der Waals surface area contributed by atoms with E-state index in [0.717, 1.165) is 12.2 Å². The predicted molar refractivity (Wildman–Crippen MR) is 70.1 cm³/mol. The lowest BCUT2D eigenvalue weighted by atomic mass is 10.1. The summed E-state index contributed by atoms with van der Waals surface area (Å²) in [4.78, 5) is 8.16. The third-order valence-electron chi connectivity index (χ3n) is 2.82. The van der Waals surface area contributed by atoms with Crippen LogP contribution >= 0.6 is 11.6 Å². The SMILES string of the molecule is Clc1cnc(NCC2Cc3ccccc3O2)nc1. The maximum absolute atomic E-state index is 5.81. The molecule has 18 heavy (non-hydrogen) atoms. The minimum Gasteiger partial charge on any atom is -0.488 e. The largest absolute Gasteiger partial charge is 0.488 e. The van der Waals surface area contributed by atoms with Gasteiger partial charge in [-0.05, 0) is 11.6 Å². The molecule has 2 aromatic rings. The van der Waals surface area contributed by atoms with Crippen molar-refractivity contribution in [1.82, 2.24) is 9.97 Å². The van der Waals surface area contributed by atoms with Gasteiger partial charge in [-0.25, -0.2) is 9.97 Å². The highest BCUT2D eigenvalue weighted by Gasteiger charge is 2.21. The number of ether oxygens (including phenoxy) is 1. The van der Waals surface area contributed by atoms with Crippen LogP contribution in [0.25, 0.3) is 0 Å². The van der Waals surface area contributed by atoms with E-state index in [9.17, 15) is 0 Å². The fourth-order valence-corrected chi connectivity index (χ4v) is 2.07. The Morgan fingerprint density at radius 1 is 1.28 bits per heavy atom. The summed E-state index contributed by atoms with van der Waals surface area (Å²) in [7, 11) is 0. The molecule has 1 aliphatic heterocycles. The Morgan fingerprint density at radius 2 is 2.06 bits per heavy atom. The molecule has 4 nitrogen and oxygen atoms in total. The molecule has 0 radical (unpaired) electrons. The van der Waals surface area contributed by atoms with Crippen molar-refractivity contribution >= 4 is 17.5 Å². The highest BCUT2D eigenvalue weighted by molar-refractivity contribution is 6.30. The molecule has 1 aromatic heterocycles. The van der Waals surface area contributed by atoms with Crippen molar-refractivity contribution < 1.29 is 4.74 Å².